The molecule has 0 unspecified atom stereocenters. The molecule has 0 amide bonds. The molecular weight excluding hydrogens is 198 g/mol. The van der Waals surface area contributed by atoms with E-state index in [9.17, 15) is 0 Å². The van der Waals surface area contributed by atoms with E-state index in [1.807, 2.05) is 24.3 Å². The van der Waals surface area contributed by atoms with Crippen LogP contribution in [0, 0.1) is 0 Å². The van der Waals surface area contributed by atoms with Crippen molar-refractivity contribution in [3.8, 4) is 0 Å². The second-order valence-electron chi connectivity index (χ2n) is 3.39. The van der Waals surface area contributed by atoms with Crippen molar-refractivity contribution in [1.29, 1.82) is 0 Å². The van der Waals surface area contributed by atoms with Crippen molar-refractivity contribution in [2.75, 3.05) is 11.9 Å². The van der Waals surface area contributed by atoms with E-state index >= 15 is 0 Å². The van der Waals surface area contributed by atoms with Crippen LogP contribution in [0.4, 0.5) is 5.69 Å². The van der Waals surface area contributed by atoms with Gasteiger partial charge in [-0.15, -0.1) is 0 Å². The van der Waals surface area contributed by atoms with Gasteiger partial charge in [-0.1, -0.05) is 23.7 Å². The van der Waals surface area contributed by atoms with Gasteiger partial charge in [0.1, 0.15) is 0 Å². The first-order valence-electron chi connectivity index (χ1n) is 4.86. The maximum Gasteiger partial charge on any atom is 0.0637 e. The highest BCUT2D eigenvalue weighted by molar-refractivity contribution is 6.33. The second-order valence-corrected chi connectivity index (χ2v) is 3.80. The number of rotatable bonds is 5. The zero-order chi connectivity index (χ0) is 10.4. The molecule has 0 saturated heterocycles. The molecule has 0 aliphatic heterocycles. The summed E-state index contributed by atoms with van der Waals surface area (Å²) in [5.74, 6) is 0. The first-order chi connectivity index (χ1) is 6.74. The summed E-state index contributed by atoms with van der Waals surface area (Å²) in [6, 6.07) is 8.02. The minimum atomic E-state index is 0.245. The van der Waals surface area contributed by atoms with Crippen molar-refractivity contribution in [3.05, 3.63) is 29.3 Å². The fraction of sp³-hybridized carbons (Fsp3) is 0.455. The lowest BCUT2D eigenvalue weighted by atomic mass is 10.2. The first kappa shape index (κ1) is 11.3. The molecule has 0 saturated carbocycles. The molecule has 0 fully saturated rings. The Kier molecular flexibility index (Phi) is 4.77. The molecule has 1 aromatic carbocycles. The quantitative estimate of drug-likeness (QED) is 0.789. The number of aliphatic hydroxyl groups excluding tert-OH is 1. The zero-order valence-corrected chi connectivity index (χ0v) is 9.09. The van der Waals surface area contributed by atoms with Gasteiger partial charge in [0.2, 0.25) is 0 Å². The van der Waals surface area contributed by atoms with Gasteiger partial charge in [-0.2, -0.15) is 0 Å². The Morgan fingerprint density at radius 1 is 1.43 bits per heavy atom. The molecule has 0 aliphatic carbocycles. The largest absolute Gasteiger partial charge is 0.396 e. The molecule has 1 aromatic rings. The summed E-state index contributed by atoms with van der Waals surface area (Å²) in [6.07, 6.45) is 1.76. The molecular formula is C11H16ClNO. The molecule has 0 spiro atoms. The SMILES string of the molecule is C[C@@H](CCCO)Nc1ccccc1Cl. The summed E-state index contributed by atoms with van der Waals surface area (Å²) in [5.41, 5.74) is 0.958. The molecule has 0 heterocycles. The predicted molar refractivity (Wildman–Crippen MR) is 60.9 cm³/mol. The number of aliphatic hydroxyl groups is 1. The van der Waals surface area contributed by atoms with E-state index < -0.39 is 0 Å². The van der Waals surface area contributed by atoms with Gasteiger partial charge in [0.15, 0.2) is 0 Å². The maximum absolute atomic E-state index is 8.68. The highest BCUT2D eigenvalue weighted by Crippen LogP contribution is 2.21. The van der Waals surface area contributed by atoms with Gasteiger partial charge >= 0.3 is 0 Å². The average Bonchev–Trinajstić information content (AvgIpc) is 2.18. The van der Waals surface area contributed by atoms with Crippen LogP contribution in [-0.2, 0) is 0 Å². The molecule has 0 radical (unpaired) electrons. The highest BCUT2D eigenvalue weighted by atomic mass is 35.5. The van der Waals surface area contributed by atoms with Gasteiger partial charge in [-0.05, 0) is 31.9 Å². The average molecular weight is 214 g/mol. The molecule has 0 aromatic heterocycles. The van der Waals surface area contributed by atoms with Crippen LogP contribution in [0.15, 0.2) is 24.3 Å². The van der Waals surface area contributed by atoms with Crippen LogP contribution in [0.1, 0.15) is 19.8 Å². The van der Waals surface area contributed by atoms with Gasteiger partial charge < -0.3 is 10.4 Å². The second kappa shape index (κ2) is 5.89. The molecule has 3 heteroatoms. The smallest absolute Gasteiger partial charge is 0.0637 e. The van der Waals surface area contributed by atoms with Crippen LogP contribution >= 0.6 is 11.6 Å². The van der Waals surface area contributed by atoms with Gasteiger partial charge in [0.25, 0.3) is 0 Å². The lowest BCUT2D eigenvalue weighted by Gasteiger charge is -2.15. The maximum atomic E-state index is 8.68. The van der Waals surface area contributed by atoms with Crippen LogP contribution in [0.25, 0.3) is 0 Å². The standard InChI is InChI=1S/C11H16ClNO/c1-9(5-4-8-14)13-11-7-3-2-6-10(11)12/h2-3,6-7,9,13-14H,4-5,8H2,1H3/t9-/m0/s1. The number of nitrogens with one attached hydrogen (secondary N) is 1. The van der Waals surface area contributed by atoms with Crippen molar-refractivity contribution in [1.82, 2.24) is 0 Å². The summed E-state index contributed by atoms with van der Waals surface area (Å²) in [5, 5.41) is 12.7. The molecule has 0 aliphatic rings. The van der Waals surface area contributed by atoms with Gasteiger partial charge in [-0.3, -0.25) is 0 Å². The van der Waals surface area contributed by atoms with Crippen LogP contribution in [0.3, 0.4) is 0 Å². The Morgan fingerprint density at radius 2 is 2.14 bits per heavy atom. The van der Waals surface area contributed by atoms with Gasteiger partial charge in [0, 0.05) is 12.6 Å². The molecule has 1 rings (SSSR count). The van der Waals surface area contributed by atoms with Crippen molar-refractivity contribution in [3.63, 3.8) is 0 Å². The molecule has 2 nitrogen and oxygen atoms in total. The summed E-state index contributed by atoms with van der Waals surface area (Å²) in [4.78, 5) is 0. The topological polar surface area (TPSA) is 32.3 Å². The van der Waals surface area contributed by atoms with Crippen molar-refractivity contribution < 1.29 is 5.11 Å². The number of hydrogen-bond acceptors (Lipinski definition) is 2. The van der Waals surface area contributed by atoms with Gasteiger partial charge in [-0.25, -0.2) is 0 Å². The lowest BCUT2D eigenvalue weighted by Crippen LogP contribution is -2.15. The van der Waals surface area contributed by atoms with E-state index in [-0.39, 0.29) is 6.61 Å². The number of para-hydroxylation sites is 1. The molecule has 0 bridgehead atoms. The molecule has 78 valence electrons. The molecule has 1 atom stereocenters. The first-order valence-corrected chi connectivity index (χ1v) is 5.23. The van der Waals surface area contributed by atoms with E-state index in [0.717, 1.165) is 23.6 Å². The van der Waals surface area contributed by atoms with Gasteiger partial charge in [0.05, 0.1) is 10.7 Å². The van der Waals surface area contributed by atoms with E-state index in [1.54, 1.807) is 0 Å². The molecule has 2 N–H and O–H groups in total. The van der Waals surface area contributed by atoms with Crippen LogP contribution in [0.5, 0.6) is 0 Å². The third-order valence-corrected chi connectivity index (χ3v) is 2.40. The van der Waals surface area contributed by atoms with E-state index in [4.69, 9.17) is 16.7 Å². The predicted octanol–water partition coefficient (Wildman–Crippen LogP) is 2.91. The van der Waals surface area contributed by atoms with E-state index in [2.05, 4.69) is 12.2 Å². The fourth-order valence-electron chi connectivity index (χ4n) is 1.31. The Morgan fingerprint density at radius 3 is 2.79 bits per heavy atom. The van der Waals surface area contributed by atoms with Crippen molar-refractivity contribution in [2.45, 2.75) is 25.8 Å². The molecule has 14 heavy (non-hydrogen) atoms. The Bertz CT molecular complexity index is 278. The third kappa shape index (κ3) is 3.56. The minimum absolute atomic E-state index is 0.245. The van der Waals surface area contributed by atoms with Crippen LogP contribution < -0.4 is 5.32 Å². The van der Waals surface area contributed by atoms with Crippen molar-refractivity contribution >= 4 is 17.3 Å². The summed E-state index contributed by atoms with van der Waals surface area (Å²) >= 11 is 5.99. The van der Waals surface area contributed by atoms with Crippen molar-refractivity contribution in [2.24, 2.45) is 0 Å². The Labute approximate surface area is 89.9 Å². The van der Waals surface area contributed by atoms with E-state index in [0.29, 0.717) is 6.04 Å². The minimum Gasteiger partial charge on any atom is -0.396 e. The van der Waals surface area contributed by atoms with Crippen LogP contribution in [0.2, 0.25) is 5.02 Å². The summed E-state index contributed by atoms with van der Waals surface area (Å²) in [7, 11) is 0. The number of anilines is 1. The lowest BCUT2D eigenvalue weighted by molar-refractivity contribution is 0.282. The van der Waals surface area contributed by atoms with E-state index in [1.165, 1.54) is 0 Å². The third-order valence-electron chi connectivity index (χ3n) is 2.07. The zero-order valence-electron chi connectivity index (χ0n) is 8.33. The monoisotopic (exact) mass is 213 g/mol. The Hall–Kier alpha value is -0.730. The highest BCUT2D eigenvalue weighted by Gasteiger charge is 2.03. The normalized spacial score (nSPS) is 12.5. The van der Waals surface area contributed by atoms with Crippen LogP contribution in [-0.4, -0.2) is 17.8 Å². The fourth-order valence-corrected chi connectivity index (χ4v) is 1.50. The number of halogens is 1. The number of hydrogen-bond donors (Lipinski definition) is 2. The number of benzene rings is 1. The summed E-state index contributed by atoms with van der Waals surface area (Å²) in [6.45, 7) is 2.33. The summed E-state index contributed by atoms with van der Waals surface area (Å²) < 4.78 is 0. The Balaban J connectivity index is 2.47.